The van der Waals surface area contributed by atoms with Crippen molar-refractivity contribution in [2.24, 2.45) is 0 Å². The minimum absolute atomic E-state index is 0.0136. The Morgan fingerprint density at radius 3 is 1.94 bits per heavy atom. The first-order valence-electron chi connectivity index (χ1n) is 17.3. The van der Waals surface area contributed by atoms with Crippen LogP contribution in [0.25, 0.3) is 16.6 Å². The highest BCUT2D eigenvalue weighted by Crippen LogP contribution is 2.49. The molecule has 6 nitrogen and oxygen atoms in total. The van der Waals surface area contributed by atoms with Crippen molar-refractivity contribution in [3.05, 3.63) is 177 Å². The highest BCUT2D eigenvalue weighted by molar-refractivity contribution is 5.91. The third-order valence-corrected chi connectivity index (χ3v) is 10.1. The van der Waals surface area contributed by atoms with Crippen LogP contribution in [0.5, 0.6) is 5.75 Å². The van der Waals surface area contributed by atoms with Gasteiger partial charge in [0.2, 0.25) is 0 Å². The molecule has 256 valence electrons. The number of halogens is 2. The van der Waals surface area contributed by atoms with Crippen LogP contribution in [0.2, 0.25) is 0 Å². The molecule has 2 aromatic heterocycles. The van der Waals surface area contributed by atoms with Crippen LogP contribution in [0.15, 0.2) is 132 Å². The molecule has 0 unspecified atom stereocenters. The smallest absolute Gasteiger partial charge is 0.387 e. The summed E-state index contributed by atoms with van der Waals surface area (Å²) in [5.41, 5.74) is 6.26. The summed E-state index contributed by atoms with van der Waals surface area (Å²) in [5.74, 6) is -0.802. The number of hydrogen-bond donors (Lipinski definition) is 0. The average Bonchev–Trinajstić information content (AvgIpc) is 3.91. The third kappa shape index (κ3) is 5.69. The molecule has 1 aliphatic carbocycles. The zero-order valence-corrected chi connectivity index (χ0v) is 28.1. The van der Waals surface area contributed by atoms with Gasteiger partial charge in [-0.2, -0.15) is 8.78 Å². The predicted octanol–water partition coefficient (Wildman–Crippen LogP) is 8.93. The van der Waals surface area contributed by atoms with Gasteiger partial charge in [-0.05, 0) is 82.8 Å². The summed E-state index contributed by atoms with van der Waals surface area (Å²) in [5, 5.41) is 0. The fourth-order valence-electron chi connectivity index (χ4n) is 7.77. The summed E-state index contributed by atoms with van der Waals surface area (Å²) < 4.78 is 40.1. The van der Waals surface area contributed by atoms with E-state index in [0.29, 0.717) is 29.8 Å². The normalized spacial score (nSPS) is 14.5. The van der Waals surface area contributed by atoms with Gasteiger partial charge in [-0.3, -0.25) is 14.1 Å². The zero-order valence-electron chi connectivity index (χ0n) is 28.1. The van der Waals surface area contributed by atoms with Gasteiger partial charge in [-0.1, -0.05) is 103 Å². The second kappa shape index (κ2) is 13.3. The molecule has 0 saturated heterocycles. The lowest BCUT2D eigenvalue weighted by Crippen LogP contribution is -2.45. The first kappa shape index (κ1) is 32.6. The number of nitrogens with zero attached hydrogens (tertiary/aromatic N) is 2. The molecule has 8 heteroatoms. The lowest BCUT2D eigenvalue weighted by molar-refractivity contribution is -0.0487. The van der Waals surface area contributed by atoms with E-state index in [9.17, 15) is 18.4 Å². The maximum atomic E-state index is 14.2. The van der Waals surface area contributed by atoms with Gasteiger partial charge in [-0.25, -0.2) is 4.79 Å². The maximum Gasteiger partial charge on any atom is 0.387 e. The van der Waals surface area contributed by atoms with Crippen LogP contribution < -0.4 is 10.3 Å². The lowest BCUT2D eigenvalue weighted by atomic mass is 9.75. The van der Waals surface area contributed by atoms with E-state index in [0.717, 1.165) is 40.7 Å². The topological polar surface area (TPSA) is 60.3 Å². The molecule has 0 atom stereocenters. The van der Waals surface area contributed by atoms with E-state index in [-0.39, 0.29) is 29.4 Å². The minimum Gasteiger partial charge on any atom is -0.462 e. The molecule has 51 heavy (non-hydrogen) atoms. The molecule has 8 rings (SSSR count). The standard InChI is InChI=1S/C43H36F2N2O4/c1-2-50-41(49)37-25-36(28-18-19-28)38-39(51-42(44)45)35(22-23-47(38)40(37)48)29-20-21-30-26-46(27-31(30)24-29)43(32-12-6-3-7-13-32,33-14-8-4-9-15-33)34-16-10-5-11-17-34/h3-17,20-25,28,42H,2,18-19,26-27H2,1H3. The Kier molecular flexibility index (Phi) is 8.48. The summed E-state index contributed by atoms with van der Waals surface area (Å²) in [4.78, 5) is 28.8. The largest absolute Gasteiger partial charge is 0.462 e. The third-order valence-electron chi connectivity index (χ3n) is 10.1. The number of alkyl halides is 2. The first-order chi connectivity index (χ1) is 24.9. The Morgan fingerprint density at radius 1 is 0.804 bits per heavy atom. The Morgan fingerprint density at radius 2 is 1.39 bits per heavy atom. The van der Waals surface area contributed by atoms with E-state index in [1.807, 2.05) is 30.3 Å². The minimum atomic E-state index is -3.13. The first-order valence-corrected chi connectivity index (χ1v) is 17.3. The number of rotatable bonds is 10. The SMILES string of the molecule is CCOC(=O)c1cc(C2CC2)c2c(OC(F)F)c(-c3ccc4c(c3)CN(C(c3ccccc3)(c3ccccc3)c3ccccc3)C4)ccn2c1=O. The van der Waals surface area contributed by atoms with E-state index >= 15 is 0 Å². The van der Waals surface area contributed by atoms with Crippen LogP contribution in [0.3, 0.4) is 0 Å². The number of carbonyl (C=O) groups is 1. The number of pyridine rings is 2. The molecule has 1 saturated carbocycles. The second-order valence-corrected chi connectivity index (χ2v) is 13.1. The van der Waals surface area contributed by atoms with Gasteiger partial charge in [0.05, 0.1) is 17.7 Å². The number of aromatic nitrogens is 1. The fourth-order valence-corrected chi connectivity index (χ4v) is 7.77. The van der Waals surface area contributed by atoms with Gasteiger partial charge < -0.3 is 9.47 Å². The van der Waals surface area contributed by atoms with Crippen molar-refractivity contribution in [2.75, 3.05) is 6.61 Å². The van der Waals surface area contributed by atoms with Crippen molar-refractivity contribution in [1.82, 2.24) is 9.30 Å². The van der Waals surface area contributed by atoms with Crippen molar-refractivity contribution in [1.29, 1.82) is 0 Å². The van der Waals surface area contributed by atoms with Crippen molar-refractivity contribution >= 4 is 11.5 Å². The number of ether oxygens (including phenoxy) is 2. The Labute approximate surface area is 294 Å². The second-order valence-electron chi connectivity index (χ2n) is 13.1. The monoisotopic (exact) mass is 682 g/mol. The number of esters is 1. The molecular weight excluding hydrogens is 646 g/mol. The van der Waals surface area contributed by atoms with E-state index in [4.69, 9.17) is 9.47 Å². The van der Waals surface area contributed by atoms with Gasteiger partial charge in [0.25, 0.3) is 5.56 Å². The highest BCUT2D eigenvalue weighted by atomic mass is 19.3. The average molecular weight is 683 g/mol. The van der Waals surface area contributed by atoms with Crippen molar-refractivity contribution in [3.8, 4) is 16.9 Å². The number of hydrogen-bond acceptors (Lipinski definition) is 5. The predicted molar refractivity (Wildman–Crippen MR) is 192 cm³/mol. The van der Waals surface area contributed by atoms with Crippen LogP contribution in [0, 0.1) is 0 Å². The summed E-state index contributed by atoms with van der Waals surface area (Å²) in [7, 11) is 0. The van der Waals surface area contributed by atoms with E-state index in [1.54, 1.807) is 19.2 Å². The van der Waals surface area contributed by atoms with Gasteiger partial charge in [-0.15, -0.1) is 0 Å². The van der Waals surface area contributed by atoms with E-state index < -0.39 is 23.7 Å². The summed E-state index contributed by atoms with van der Waals surface area (Å²) in [6.07, 6.45) is 3.18. The quantitative estimate of drug-likeness (QED) is 0.107. The molecule has 0 radical (unpaired) electrons. The van der Waals surface area contributed by atoms with Gasteiger partial charge in [0, 0.05) is 24.8 Å². The Hall–Kier alpha value is -5.60. The van der Waals surface area contributed by atoms with Crippen LogP contribution in [0.1, 0.15) is 69.4 Å². The molecular formula is C43H36F2N2O4. The summed E-state index contributed by atoms with van der Waals surface area (Å²) in [6, 6.07) is 40.7. The Balaban J connectivity index is 1.27. The molecule has 0 spiro atoms. The number of carbonyl (C=O) groups excluding carboxylic acids is 1. The van der Waals surface area contributed by atoms with Crippen LogP contribution >= 0.6 is 0 Å². The van der Waals surface area contributed by atoms with Crippen LogP contribution in [0.4, 0.5) is 8.78 Å². The summed E-state index contributed by atoms with van der Waals surface area (Å²) in [6.45, 7) is -0.104. The number of fused-ring (bicyclic) bond motifs is 2. The fraction of sp³-hybridized carbons (Fsp3) is 0.209. The van der Waals surface area contributed by atoms with Gasteiger partial charge in [0.1, 0.15) is 5.56 Å². The van der Waals surface area contributed by atoms with E-state index in [1.165, 1.54) is 10.5 Å². The molecule has 1 fully saturated rings. The molecule has 0 bridgehead atoms. The highest BCUT2D eigenvalue weighted by Gasteiger charge is 2.44. The molecule has 3 heterocycles. The van der Waals surface area contributed by atoms with E-state index in [2.05, 4.69) is 83.8 Å². The van der Waals surface area contributed by atoms with Crippen molar-refractivity contribution in [2.45, 2.75) is 50.9 Å². The van der Waals surface area contributed by atoms with Crippen molar-refractivity contribution < 1.29 is 23.0 Å². The van der Waals surface area contributed by atoms with Crippen LogP contribution in [-0.4, -0.2) is 28.5 Å². The molecule has 6 aromatic rings. The van der Waals surface area contributed by atoms with Crippen LogP contribution in [-0.2, 0) is 23.4 Å². The maximum absolute atomic E-state index is 14.2. The summed E-state index contributed by atoms with van der Waals surface area (Å²) >= 11 is 0. The Bertz CT molecular complexity index is 2190. The molecule has 0 amide bonds. The molecule has 0 N–H and O–H groups in total. The molecule has 1 aliphatic heterocycles. The van der Waals surface area contributed by atoms with Gasteiger partial charge >= 0.3 is 12.6 Å². The zero-order chi connectivity index (χ0) is 35.1. The molecule has 2 aliphatic rings. The van der Waals surface area contributed by atoms with Gasteiger partial charge in [0.15, 0.2) is 5.75 Å². The van der Waals surface area contributed by atoms with Crippen molar-refractivity contribution in [3.63, 3.8) is 0 Å². The number of benzene rings is 4. The molecule has 4 aromatic carbocycles. The lowest BCUT2D eigenvalue weighted by Gasteiger charge is -2.43.